The zero-order chi connectivity index (χ0) is 34.9. The van der Waals surface area contributed by atoms with E-state index in [1.54, 1.807) is 32.9 Å². The Morgan fingerprint density at radius 1 is 0.894 bits per heavy atom. The van der Waals surface area contributed by atoms with Crippen molar-refractivity contribution in [2.75, 3.05) is 14.2 Å². The van der Waals surface area contributed by atoms with E-state index >= 15 is 0 Å². The molecule has 0 spiro atoms. The molecule has 0 fully saturated rings. The molecule has 0 aliphatic rings. The molecule has 254 valence electrons. The minimum atomic E-state index is -0.330. The number of rotatable bonds is 10. The van der Waals surface area contributed by atoms with Crippen molar-refractivity contribution in [3.05, 3.63) is 75.1 Å². The van der Waals surface area contributed by atoms with Gasteiger partial charge in [-0.05, 0) is 0 Å². The van der Waals surface area contributed by atoms with Gasteiger partial charge in [-0.1, -0.05) is 0 Å². The first-order valence-corrected chi connectivity index (χ1v) is 17.2. The van der Waals surface area contributed by atoms with Crippen LogP contribution in [-0.4, -0.2) is 69.3 Å². The third-order valence-electron chi connectivity index (χ3n) is 7.08. The zero-order valence-electron chi connectivity index (χ0n) is 28.9. The normalized spacial score (nSPS) is 12.3. The number of nitrogens with one attached hydrogen (secondary N) is 2. The molecular weight excluding hydrogens is 944 g/mol. The van der Waals surface area contributed by atoms with Gasteiger partial charge in [0.25, 0.3) is 0 Å². The van der Waals surface area contributed by atoms with Crippen molar-refractivity contribution in [3.8, 4) is 11.6 Å². The molecule has 3 aromatic rings. The van der Waals surface area contributed by atoms with Crippen LogP contribution in [0.15, 0.2) is 45.5 Å². The SMILES string of the molecule is C/C=C(\C=C(/C)C(=N)NC(=O)c1c(C)c(C)nn1C)[C](=[W])OC.C/C=C(\C=C(/C)c1noc(-c2c(C)c(C)nn2C)n1)[C](=[W])OC.O. The molecule has 0 saturated heterocycles. The average Bonchev–Trinajstić information content (AvgIpc) is 3.68. The van der Waals surface area contributed by atoms with Gasteiger partial charge in [0.15, 0.2) is 0 Å². The second kappa shape index (κ2) is 18.9. The van der Waals surface area contributed by atoms with Crippen LogP contribution in [0.25, 0.3) is 17.2 Å². The summed E-state index contributed by atoms with van der Waals surface area (Å²) in [6.45, 7) is 15.3. The van der Waals surface area contributed by atoms with E-state index < -0.39 is 0 Å². The number of nitrogens with zero attached hydrogens (tertiary/aromatic N) is 6. The molecule has 0 aromatic carbocycles. The van der Waals surface area contributed by atoms with E-state index in [0.717, 1.165) is 53.1 Å². The van der Waals surface area contributed by atoms with Gasteiger partial charge >= 0.3 is 294 Å². The molecule has 0 unspecified atom stereocenters. The van der Waals surface area contributed by atoms with Crippen LogP contribution in [0.4, 0.5) is 0 Å². The number of ether oxygens (including phenoxy) is 2. The summed E-state index contributed by atoms with van der Waals surface area (Å²) in [6.07, 6.45) is 7.75. The Morgan fingerprint density at radius 2 is 1.40 bits per heavy atom. The van der Waals surface area contributed by atoms with E-state index in [0.29, 0.717) is 23.0 Å². The van der Waals surface area contributed by atoms with Gasteiger partial charge in [0, 0.05) is 0 Å². The van der Waals surface area contributed by atoms with Crippen LogP contribution in [0.1, 0.15) is 66.5 Å². The van der Waals surface area contributed by atoms with Crippen molar-refractivity contribution in [1.82, 2.24) is 35.0 Å². The average molecular weight is 988 g/mol. The molecule has 0 radical (unpaired) electrons. The summed E-state index contributed by atoms with van der Waals surface area (Å²) in [7, 11) is 6.89. The number of amides is 1. The van der Waals surface area contributed by atoms with Gasteiger partial charge in [-0.25, -0.2) is 0 Å². The van der Waals surface area contributed by atoms with E-state index in [1.165, 1.54) is 43.4 Å². The molecule has 47 heavy (non-hydrogen) atoms. The van der Waals surface area contributed by atoms with Crippen molar-refractivity contribution in [3.63, 3.8) is 0 Å². The predicted molar refractivity (Wildman–Crippen MR) is 176 cm³/mol. The van der Waals surface area contributed by atoms with Crippen LogP contribution in [-0.2, 0) is 62.3 Å². The Bertz CT molecular complexity index is 1770. The minimum Gasteiger partial charge on any atom is -0.412 e. The summed E-state index contributed by atoms with van der Waals surface area (Å²) in [5, 5.41) is 23.4. The fraction of sp³-hybridized carbons (Fsp3) is 0.375. The topological polar surface area (TPSA) is 177 Å². The molecule has 0 aliphatic heterocycles. The molecular formula is C32H44N8O5W2. The van der Waals surface area contributed by atoms with Crippen LogP contribution < -0.4 is 5.32 Å². The Kier molecular flexibility index (Phi) is 16.7. The first-order valence-electron chi connectivity index (χ1n) is 14.2. The van der Waals surface area contributed by atoms with Crippen molar-refractivity contribution in [1.29, 1.82) is 5.41 Å². The summed E-state index contributed by atoms with van der Waals surface area (Å²) in [4.78, 5) is 16.9. The third kappa shape index (κ3) is 10.6. The molecule has 0 aliphatic carbocycles. The molecule has 0 atom stereocenters. The monoisotopic (exact) mass is 988 g/mol. The van der Waals surface area contributed by atoms with Gasteiger partial charge in [-0.3, -0.25) is 0 Å². The fourth-order valence-electron chi connectivity index (χ4n) is 4.25. The number of amidine groups is 1. The summed E-state index contributed by atoms with van der Waals surface area (Å²) < 4.78 is 21.1. The largest absolute Gasteiger partial charge is 0.412 e. The number of aryl methyl sites for hydroxylation is 4. The minimum absolute atomic E-state index is 0. The van der Waals surface area contributed by atoms with Crippen LogP contribution in [0.2, 0.25) is 0 Å². The first-order chi connectivity index (χ1) is 21.6. The number of hydrogen-bond donors (Lipinski definition) is 2. The van der Waals surface area contributed by atoms with Gasteiger partial charge in [-0.15, -0.1) is 0 Å². The van der Waals surface area contributed by atoms with Gasteiger partial charge < -0.3 is 5.48 Å². The van der Waals surface area contributed by atoms with E-state index in [9.17, 15) is 4.79 Å². The summed E-state index contributed by atoms with van der Waals surface area (Å²) >= 11 is 2.48. The number of carbonyl (C=O) groups is 1. The Morgan fingerprint density at radius 3 is 1.85 bits per heavy atom. The van der Waals surface area contributed by atoms with Crippen LogP contribution in [0, 0.1) is 33.1 Å². The van der Waals surface area contributed by atoms with Crippen LogP contribution >= 0.6 is 0 Å². The Labute approximate surface area is 297 Å². The zero-order valence-corrected chi connectivity index (χ0v) is 34.8. The fourth-order valence-corrected chi connectivity index (χ4v) is 5.52. The van der Waals surface area contributed by atoms with Crippen molar-refractivity contribution >= 4 is 25.5 Å². The molecule has 1 amide bonds. The Hall–Kier alpha value is -3.34. The molecule has 0 saturated carbocycles. The number of aromatic nitrogens is 6. The molecule has 0 bridgehead atoms. The molecule has 3 rings (SSSR count). The van der Waals surface area contributed by atoms with Gasteiger partial charge in [-0.2, -0.15) is 0 Å². The quantitative estimate of drug-likeness (QED) is 0.175. The molecule has 13 nitrogen and oxygen atoms in total. The first kappa shape index (κ1) is 41.7. The van der Waals surface area contributed by atoms with E-state index in [-0.39, 0.29) is 17.2 Å². The summed E-state index contributed by atoms with van der Waals surface area (Å²) in [5.41, 5.74) is 8.45. The second-order valence-corrected chi connectivity index (χ2v) is 12.9. The van der Waals surface area contributed by atoms with Gasteiger partial charge in [0.2, 0.25) is 0 Å². The summed E-state index contributed by atoms with van der Waals surface area (Å²) in [6, 6.07) is 0. The number of allylic oxidation sites excluding steroid dienone is 3. The van der Waals surface area contributed by atoms with E-state index in [1.807, 2.05) is 79.8 Å². The maximum Gasteiger partial charge on any atom is -0.412 e. The van der Waals surface area contributed by atoms with E-state index in [2.05, 4.69) is 25.7 Å². The molecule has 3 heterocycles. The van der Waals surface area contributed by atoms with E-state index in [4.69, 9.17) is 19.4 Å². The number of methoxy groups -OCH3 is 2. The number of carbonyl (C=O) groups excluding carboxylic acids is 1. The maximum atomic E-state index is 12.4. The Balaban J connectivity index is 0.000000460. The molecule has 15 heteroatoms. The van der Waals surface area contributed by atoms with Crippen molar-refractivity contribution < 1.29 is 63.0 Å². The maximum absolute atomic E-state index is 12.4. The molecule has 4 N–H and O–H groups in total. The predicted octanol–water partition coefficient (Wildman–Crippen LogP) is 3.89. The van der Waals surface area contributed by atoms with Crippen molar-refractivity contribution in [2.24, 2.45) is 14.1 Å². The standard InChI is InChI=1S/C16H20N4O2.C16H22N4O2.H2O.2W/c1-7-13(9-21-6)8-10(2)15-17-16(22-19-15)14-11(3)12(4)18-20(14)5;1-7-13(9-22-6)8-10(2)15(17)18-16(21)14-11(3)12(4)19-20(14)5;;;/h7-8H,1-6H3;7-8H,1-6H3,(H2,17,18,21);1H2;;/b2*10-8+,13-7+;;;. The number of hydrogen-bond acceptors (Lipinski definition) is 9. The third-order valence-corrected chi connectivity index (χ3v) is 9.97. The smallest absolute Gasteiger partial charge is 0.412 e. The van der Waals surface area contributed by atoms with Gasteiger partial charge in [0.1, 0.15) is 0 Å². The van der Waals surface area contributed by atoms with Gasteiger partial charge in [0.05, 0.1) is 0 Å². The molecule has 3 aromatic heterocycles. The second-order valence-electron chi connectivity index (χ2n) is 10.2. The van der Waals surface area contributed by atoms with Crippen LogP contribution in [0.5, 0.6) is 0 Å². The van der Waals surface area contributed by atoms with Crippen LogP contribution in [0.3, 0.4) is 0 Å². The van der Waals surface area contributed by atoms with Crippen molar-refractivity contribution in [2.45, 2.75) is 55.4 Å². The summed E-state index contributed by atoms with van der Waals surface area (Å²) in [5.74, 6) is 0.778.